The molecule has 0 unspecified atom stereocenters. The van der Waals surface area contributed by atoms with Crippen LogP contribution in [0, 0.1) is 0 Å². The van der Waals surface area contributed by atoms with Gasteiger partial charge in [0.15, 0.2) is 0 Å². The molecule has 2 heteroatoms. The molecule has 0 aromatic heterocycles. The highest BCUT2D eigenvalue weighted by molar-refractivity contribution is 5.91. The van der Waals surface area contributed by atoms with Gasteiger partial charge in [0.05, 0.1) is 11.7 Å². The maximum Gasteiger partial charge on any atom is 0.338 e. The second kappa shape index (κ2) is 5.57. The van der Waals surface area contributed by atoms with Crippen LogP contribution in [-0.4, -0.2) is 12.1 Å². The molecular weight excluding hydrogens is 260 g/mol. The first kappa shape index (κ1) is 13.6. The summed E-state index contributed by atoms with van der Waals surface area (Å²) in [6.45, 7) is 3.72. The topological polar surface area (TPSA) is 26.3 Å². The molecule has 0 heterocycles. The summed E-state index contributed by atoms with van der Waals surface area (Å²) in [6.07, 6.45) is 4.97. The van der Waals surface area contributed by atoms with Crippen LogP contribution in [0.15, 0.2) is 42.5 Å². The summed E-state index contributed by atoms with van der Waals surface area (Å²) >= 11 is 0. The monoisotopic (exact) mass is 278 g/mol. The van der Waals surface area contributed by atoms with Crippen LogP contribution in [0.1, 0.15) is 46.5 Å². The molecule has 0 saturated carbocycles. The van der Waals surface area contributed by atoms with Crippen molar-refractivity contribution in [2.24, 2.45) is 0 Å². The average molecular weight is 278 g/mol. The first-order valence-corrected chi connectivity index (χ1v) is 7.23. The van der Waals surface area contributed by atoms with Gasteiger partial charge in [0.2, 0.25) is 0 Å². The number of benzene rings is 2. The van der Waals surface area contributed by atoms with Gasteiger partial charge in [0, 0.05) is 0 Å². The number of fused-ring (bicyclic) bond motifs is 2. The van der Waals surface area contributed by atoms with E-state index in [9.17, 15) is 4.79 Å². The molecule has 0 amide bonds. The van der Waals surface area contributed by atoms with Gasteiger partial charge >= 0.3 is 5.97 Å². The quantitative estimate of drug-likeness (QED) is 0.652. The normalized spacial score (nSPS) is 12.5. The van der Waals surface area contributed by atoms with Gasteiger partial charge < -0.3 is 4.74 Å². The van der Waals surface area contributed by atoms with Crippen molar-refractivity contribution in [1.82, 2.24) is 0 Å². The Morgan fingerprint density at radius 2 is 1.71 bits per heavy atom. The van der Waals surface area contributed by atoms with E-state index in [1.165, 1.54) is 16.7 Å². The van der Waals surface area contributed by atoms with E-state index in [1.807, 2.05) is 38.1 Å². The predicted octanol–water partition coefficient (Wildman–Crippen LogP) is 4.33. The molecule has 1 aliphatic carbocycles. The maximum absolute atomic E-state index is 12.0. The Bertz CT molecular complexity index is 711. The predicted molar refractivity (Wildman–Crippen MR) is 85.2 cm³/mol. The highest BCUT2D eigenvalue weighted by atomic mass is 16.5. The summed E-state index contributed by atoms with van der Waals surface area (Å²) in [5.74, 6) is -0.261. The summed E-state index contributed by atoms with van der Waals surface area (Å²) in [7, 11) is 0. The van der Waals surface area contributed by atoms with Crippen LogP contribution >= 0.6 is 0 Å². The highest BCUT2D eigenvalue weighted by Gasteiger charge is 2.13. The van der Waals surface area contributed by atoms with Crippen molar-refractivity contribution in [2.45, 2.75) is 26.4 Å². The maximum atomic E-state index is 12.0. The summed E-state index contributed by atoms with van der Waals surface area (Å²) in [6, 6.07) is 14.2. The Morgan fingerprint density at radius 1 is 1.00 bits per heavy atom. The van der Waals surface area contributed by atoms with Crippen LogP contribution in [0.4, 0.5) is 0 Å². The number of rotatable bonds is 2. The summed E-state index contributed by atoms with van der Waals surface area (Å²) in [4.78, 5) is 12.0. The molecule has 3 rings (SSSR count). The van der Waals surface area contributed by atoms with Crippen molar-refractivity contribution in [3.05, 3.63) is 70.3 Å². The molecule has 2 aromatic carbocycles. The van der Waals surface area contributed by atoms with Crippen molar-refractivity contribution in [3.63, 3.8) is 0 Å². The van der Waals surface area contributed by atoms with Crippen LogP contribution in [0.2, 0.25) is 0 Å². The van der Waals surface area contributed by atoms with E-state index in [-0.39, 0.29) is 12.1 Å². The van der Waals surface area contributed by atoms with Crippen molar-refractivity contribution in [1.29, 1.82) is 0 Å². The SMILES string of the molecule is CC(C)OC(=O)c1ccc2c(c1)C=Cc1ccccc1C2. The van der Waals surface area contributed by atoms with E-state index in [0.717, 1.165) is 12.0 Å². The molecule has 0 spiro atoms. The van der Waals surface area contributed by atoms with Crippen LogP contribution in [-0.2, 0) is 11.2 Å². The Hall–Kier alpha value is -2.35. The molecule has 0 saturated heterocycles. The van der Waals surface area contributed by atoms with Crippen LogP contribution in [0.25, 0.3) is 12.2 Å². The van der Waals surface area contributed by atoms with Crippen LogP contribution in [0.5, 0.6) is 0 Å². The van der Waals surface area contributed by atoms with E-state index in [4.69, 9.17) is 4.74 Å². The van der Waals surface area contributed by atoms with Crippen molar-refractivity contribution in [2.75, 3.05) is 0 Å². The molecule has 0 bridgehead atoms. The zero-order valence-electron chi connectivity index (χ0n) is 12.3. The fraction of sp³-hybridized carbons (Fsp3) is 0.211. The largest absolute Gasteiger partial charge is 0.459 e. The fourth-order valence-electron chi connectivity index (χ4n) is 2.56. The fourth-order valence-corrected chi connectivity index (χ4v) is 2.56. The molecular formula is C19H18O2. The average Bonchev–Trinajstić information content (AvgIpc) is 2.64. The lowest BCUT2D eigenvalue weighted by atomic mass is 9.98. The summed E-state index contributed by atoms with van der Waals surface area (Å²) < 4.78 is 5.26. The minimum absolute atomic E-state index is 0.101. The van der Waals surface area contributed by atoms with Gasteiger partial charge in [-0.05, 0) is 54.7 Å². The minimum atomic E-state index is -0.261. The van der Waals surface area contributed by atoms with Crippen LogP contribution < -0.4 is 0 Å². The zero-order valence-corrected chi connectivity index (χ0v) is 12.3. The zero-order chi connectivity index (χ0) is 14.8. The first-order chi connectivity index (χ1) is 10.1. The molecule has 2 aromatic rings. The lowest BCUT2D eigenvalue weighted by Gasteiger charge is -2.10. The molecule has 0 radical (unpaired) electrons. The van der Waals surface area contributed by atoms with E-state index in [1.54, 1.807) is 0 Å². The third kappa shape index (κ3) is 2.89. The Kier molecular flexibility index (Phi) is 3.61. The Labute approximate surface area is 125 Å². The molecule has 0 aliphatic heterocycles. The van der Waals surface area contributed by atoms with Crippen molar-refractivity contribution >= 4 is 18.1 Å². The second-order valence-electron chi connectivity index (χ2n) is 5.58. The van der Waals surface area contributed by atoms with Gasteiger partial charge in [-0.3, -0.25) is 0 Å². The molecule has 0 atom stereocenters. The van der Waals surface area contributed by atoms with Gasteiger partial charge in [-0.15, -0.1) is 0 Å². The van der Waals surface area contributed by atoms with E-state index >= 15 is 0 Å². The smallest absolute Gasteiger partial charge is 0.338 e. The molecule has 1 aliphatic rings. The van der Waals surface area contributed by atoms with Gasteiger partial charge in [0.1, 0.15) is 0 Å². The van der Waals surface area contributed by atoms with Crippen molar-refractivity contribution in [3.8, 4) is 0 Å². The number of hydrogen-bond acceptors (Lipinski definition) is 2. The number of carbonyl (C=O) groups is 1. The van der Waals surface area contributed by atoms with Gasteiger partial charge in [0.25, 0.3) is 0 Å². The Balaban J connectivity index is 1.95. The standard InChI is InChI=1S/C19H18O2/c1-13(2)21-19(20)18-10-9-16-11-15-6-4-3-5-14(15)7-8-17(16)12-18/h3-10,12-13H,11H2,1-2H3. The minimum Gasteiger partial charge on any atom is -0.459 e. The van der Waals surface area contributed by atoms with E-state index in [2.05, 4.69) is 30.4 Å². The van der Waals surface area contributed by atoms with Gasteiger partial charge in [-0.1, -0.05) is 42.5 Å². The number of ether oxygens (including phenoxy) is 1. The van der Waals surface area contributed by atoms with E-state index < -0.39 is 0 Å². The highest BCUT2D eigenvalue weighted by Crippen LogP contribution is 2.25. The number of esters is 1. The summed E-state index contributed by atoms with van der Waals surface area (Å²) in [5.41, 5.74) is 5.48. The van der Waals surface area contributed by atoms with Crippen molar-refractivity contribution < 1.29 is 9.53 Å². The molecule has 106 valence electrons. The number of hydrogen-bond donors (Lipinski definition) is 0. The second-order valence-corrected chi connectivity index (χ2v) is 5.58. The molecule has 2 nitrogen and oxygen atoms in total. The molecule has 0 fully saturated rings. The lowest BCUT2D eigenvalue weighted by Crippen LogP contribution is -2.11. The van der Waals surface area contributed by atoms with Crippen LogP contribution in [0.3, 0.4) is 0 Å². The van der Waals surface area contributed by atoms with Gasteiger partial charge in [-0.25, -0.2) is 4.79 Å². The first-order valence-electron chi connectivity index (χ1n) is 7.23. The lowest BCUT2D eigenvalue weighted by molar-refractivity contribution is 0.0378. The van der Waals surface area contributed by atoms with E-state index in [0.29, 0.717) is 5.56 Å². The molecule has 21 heavy (non-hydrogen) atoms. The third-order valence-corrected chi connectivity index (χ3v) is 3.60. The van der Waals surface area contributed by atoms with Gasteiger partial charge in [-0.2, -0.15) is 0 Å². The Morgan fingerprint density at radius 3 is 2.52 bits per heavy atom. The molecule has 0 N–H and O–H groups in total. The third-order valence-electron chi connectivity index (χ3n) is 3.60. The summed E-state index contributed by atoms with van der Waals surface area (Å²) in [5, 5.41) is 0. The number of carbonyl (C=O) groups excluding carboxylic acids is 1.